The second-order valence-corrected chi connectivity index (χ2v) is 4.66. The summed E-state index contributed by atoms with van der Waals surface area (Å²) in [6.45, 7) is 2.13. The minimum atomic E-state index is 0.743. The van der Waals surface area contributed by atoms with Crippen molar-refractivity contribution in [3.63, 3.8) is 0 Å². The van der Waals surface area contributed by atoms with Crippen LogP contribution in [0.1, 0.15) is 19.0 Å². The Bertz CT molecular complexity index is 723. The molecule has 0 radical (unpaired) electrons. The third-order valence-electron chi connectivity index (χ3n) is 3.30. The monoisotopic (exact) mass is 255 g/mol. The number of para-hydroxylation sites is 2. The number of hydrogen-bond donors (Lipinski definition) is 1. The van der Waals surface area contributed by atoms with E-state index in [0.29, 0.717) is 0 Å². The van der Waals surface area contributed by atoms with Crippen LogP contribution in [0.4, 0.5) is 5.69 Å². The first-order valence-electron chi connectivity index (χ1n) is 6.46. The second-order valence-electron chi connectivity index (χ2n) is 4.66. The van der Waals surface area contributed by atoms with E-state index in [1.54, 1.807) is 6.33 Å². The Balaban J connectivity index is 2.21. The number of fused-ring (bicyclic) bond motifs is 1. The first-order valence-corrected chi connectivity index (χ1v) is 6.46. The summed E-state index contributed by atoms with van der Waals surface area (Å²) in [4.78, 5) is 4.40. The molecule has 0 saturated carbocycles. The normalized spacial score (nSPS) is 11.3. The topological polar surface area (TPSA) is 61.7 Å². The molecule has 0 fully saturated rings. The molecule has 3 rings (SSSR count). The Hall–Kier alpha value is -2.30. The summed E-state index contributed by atoms with van der Waals surface area (Å²) in [7, 11) is 1.92. The van der Waals surface area contributed by atoms with Gasteiger partial charge >= 0.3 is 0 Å². The lowest BCUT2D eigenvalue weighted by molar-refractivity contribution is 0.711. The number of anilines is 1. The van der Waals surface area contributed by atoms with Crippen LogP contribution in [0, 0.1) is 0 Å². The summed E-state index contributed by atoms with van der Waals surface area (Å²) in [6, 6.07) is 8.01. The molecule has 2 aromatic heterocycles. The van der Waals surface area contributed by atoms with Crippen LogP contribution in [-0.2, 0) is 13.5 Å². The van der Waals surface area contributed by atoms with Crippen LogP contribution in [0.2, 0.25) is 0 Å². The van der Waals surface area contributed by atoms with Crippen LogP contribution in [0.3, 0.4) is 0 Å². The highest BCUT2D eigenvalue weighted by Crippen LogP contribution is 2.25. The van der Waals surface area contributed by atoms with Crippen molar-refractivity contribution in [2.75, 3.05) is 5.73 Å². The first kappa shape index (κ1) is 11.8. The predicted octanol–water partition coefficient (Wildman–Crippen LogP) is 2.29. The number of nitrogens with zero attached hydrogens (tertiary/aromatic N) is 4. The van der Waals surface area contributed by atoms with Gasteiger partial charge in [-0.2, -0.15) is 5.10 Å². The standard InChI is InChI=1S/C14H17N5/c1-3-6-11-13(15)14(18(2)17-11)19-9-16-10-7-4-5-8-12(10)19/h4-5,7-9H,3,6,15H2,1-2H3. The molecule has 5 nitrogen and oxygen atoms in total. The van der Waals surface area contributed by atoms with Crippen molar-refractivity contribution in [2.45, 2.75) is 19.8 Å². The number of rotatable bonds is 3. The largest absolute Gasteiger partial charge is 0.394 e. The molecule has 5 heteroatoms. The molecule has 2 N–H and O–H groups in total. The number of hydrogen-bond acceptors (Lipinski definition) is 3. The molecule has 2 heterocycles. The van der Waals surface area contributed by atoms with Gasteiger partial charge in [-0.25, -0.2) is 9.67 Å². The minimum Gasteiger partial charge on any atom is -0.394 e. The lowest BCUT2D eigenvalue weighted by Crippen LogP contribution is -2.04. The Morgan fingerprint density at radius 1 is 1.26 bits per heavy atom. The number of benzene rings is 1. The molecule has 19 heavy (non-hydrogen) atoms. The highest BCUT2D eigenvalue weighted by Gasteiger charge is 2.16. The van der Waals surface area contributed by atoms with E-state index in [1.807, 2.05) is 40.6 Å². The maximum atomic E-state index is 6.24. The first-order chi connectivity index (χ1) is 9.22. The van der Waals surface area contributed by atoms with E-state index in [-0.39, 0.29) is 0 Å². The Morgan fingerprint density at radius 3 is 2.84 bits per heavy atom. The zero-order valence-electron chi connectivity index (χ0n) is 11.2. The molecule has 0 unspecified atom stereocenters. The van der Waals surface area contributed by atoms with Gasteiger partial charge in [-0.1, -0.05) is 25.5 Å². The summed E-state index contributed by atoms with van der Waals surface area (Å²) in [5.41, 5.74) is 9.94. The van der Waals surface area contributed by atoms with E-state index >= 15 is 0 Å². The zero-order chi connectivity index (χ0) is 13.4. The van der Waals surface area contributed by atoms with Crippen LogP contribution < -0.4 is 5.73 Å². The summed E-state index contributed by atoms with van der Waals surface area (Å²) in [5.74, 6) is 0.886. The van der Waals surface area contributed by atoms with Crippen molar-refractivity contribution in [3.05, 3.63) is 36.3 Å². The molecule has 98 valence electrons. The number of imidazole rings is 1. The third kappa shape index (κ3) is 1.78. The van der Waals surface area contributed by atoms with Crippen molar-refractivity contribution in [1.29, 1.82) is 0 Å². The fraction of sp³-hybridized carbons (Fsp3) is 0.286. The highest BCUT2D eigenvalue weighted by molar-refractivity contribution is 5.78. The molecule has 0 spiro atoms. The summed E-state index contributed by atoms with van der Waals surface area (Å²) in [6.07, 6.45) is 3.73. The van der Waals surface area contributed by atoms with E-state index in [1.165, 1.54) is 0 Å². The van der Waals surface area contributed by atoms with Crippen LogP contribution in [-0.4, -0.2) is 19.3 Å². The van der Waals surface area contributed by atoms with Gasteiger partial charge in [0.15, 0.2) is 5.82 Å². The van der Waals surface area contributed by atoms with Gasteiger partial charge in [0.25, 0.3) is 0 Å². The molecule has 3 aromatic rings. The summed E-state index contributed by atoms with van der Waals surface area (Å²) in [5, 5.41) is 4.51. The maximum absolute atomic E-state index is 6.24. The van der Waals surface area contributed by atoms with Gasteiger partial charge in [0.1, 0.15) is 6.33 Å². The Labute approximate surface area is 111 Å². The molecule has 0 bridgehead atoms. The van der Waals surface area contributed by atoms with Crippen LogP contribution >= 0.6 is 0 Å². The molecule has 0 saturated heterocycles. The minimum absolute atomic E-state index is 0.743. The quantitative estimate of drug-likeness (QED) is 0.781. The van der Waals surface area contributed by atoms with Gasteiger partial charge < -0.3 is 5.73 Å². The Morgan fingerprint density at radius 2 is 2.05 bits per heavy atom. The van der Waals surface area contributed by atoms with Crippen molar-refractivity contribution in [3.8, 4) is 5.82 Å². The van der Waals surface area contributed by atoms with Crippen LogP contribution in [0.25, 0.3) is 16.9 Å². The van der Waals surface area contributed by atoms with Gasteiger partial charge in [0, 0.05) is 7.05 Å². The molecule has 0 aliphatic heterocycles. The summed E-state index contributed by atoms with van der Waals surface area (Å²) < 4.78 is 3.82. The molecule has 0 aliphatic rings. The summed E-state index contributed by atoms with van der Waals surface area (Å²) >= 11 is 0. The third-order valence-corrected chi connectivity index (χ3v) is 3.30. The fourth-order valence-electron chi connectivity index (χ4n) is 2.42. The van der Waals surface area contributed by atoms with Crippen LogP contribution in [0.5, 0.6) is 0 Å². The number of nitrogens with two attached hydrogens (primary N) is 1. The van der Waals surface area contributed by atoms with E-state index in [9.17, 15) is 0 Å². The van der Waals surface area contributed by atoms with Crippen molar-refractivity contribution in [2.24, 2.45) is 7.05 Å². The molecule has 1 aromatic carbocycles. The van der Waals surface area contributed by atoms with Gasteiger partial charge in [-0.05, 0) is 18.6 Å². The number of aromatic nitrogens is 4. The number of nitrogen functional groups attached to an aromatic ring is 1. The van der Waals surface area contributed by atoms with E-state index in [0.717, 1.165) is 41.1 Å². The predicted molar refractivity (Wildman–Crippen MR) is 76.2 cm³/mol. The second kappa shape index (κ2) is 4.42. The highest BCUT2D eigenvalue weighted by atomic mass is 15.3. The van der Waals surface area contributed by atoms with E-state index in [2.05, 4.69) is 17.0 Å². The molecule has 0 aliphatic carbocycles. The van der Waals surface area contributed by atoms with Gasteiger partial charge in [-0.15, -0.1) is 0 Å². The van der Waals surface area contributed by atoms with Crippen molar-refractivity contribution in [1.82, 2.24) is 19.3 Å². The Kier molecular flexibility index (Phi) is 2.74. The number of aryl methyl sites for hydroxylation is 2. The molecular formula is C14H17N5. The molecule has 0 amide bonds. The molecule has 0 atom stereocenters. The van der Waals surface area contributed by atoms with E-state index < -0.39 is 0 Å². The van der Waals surface area contributed by atoms with Gasteiger partial charge in [0.05, 0.1) is 22.4 Å². The van der Waals surface area contributed by atoms with Crippen molar-refractivity contribution >= 4 is 16.7 Å². The van der Waals surface area contributed by atoms with Crippen molar-refractivity contribution < 1.29 is 0 Å². The SMILES string of the molecule is CCCc1nn(C)c(-n2cnc3ccccc32)c1N. The fourth-order valence-corrected chi connectivity index (χ4v) is 2.42. The van der Waals surface area contributed by atoms with E-state index in [4.69, 9.17) is 5.73 Å². The molecular weight excluding hydrogens is 238 g/mol. The maximum Gasteiger partial charge on any atom is 0.160 e. The van der Waals surface area contributed by atoms with Gasteiger partial charge in [-0.3, -0.25) is 4.57 Å². The average Bonchev–Trinajstić information content (AvgIpc) is 2.93. The lowest BCUT2D eigenvalue weighted by Gasteiger charge is -2.05. The lowest BCUT2D eigenvalue weighted by atomic mass is 10.2. The average molecular weight is 255 g/mol. The zero-order valence-corrected chi connectivity index (χ0v) is 11.2. The smallest absolute Gasteiger partial charge is 0.160 e. The van der Waals surface area contributed by atoms with Gasteiger partial charge in [0.2, 0.25) is 0 Å². The van der Waals surface area contributed by atoms with Crippen LogP contribution in [0.15, 0.2) is 30.6 Å².